The molecule has 0 spiro atoms. The van der Waals surface area contributed by atoms with Gasteiger partial charge in [-0.25, -0.2) is 8.42 Å². The predicted molar refractivity (Wildman–Crippen MR) is 116 cm³/mol. The maximum absolute atomic E-state index is 12.6. The highest BCUT2D eigenvalue weighted by Crippen LogP contribution is 2.30. The quantitative estimate of drug-likeness (QED) is 0.646. The third-order valence-electron chi connectivity index (χ3n) is 4.65. The zero-order chi connectivity index (χ0) is 21.0. The number of hydrogen-bond acceptors (Lipinski definition) is 4. The van der Waals surface area contributed by atoms with E-state index in [1.807, 2.05) is 55.5 Å². The number of carbonyl (C=O) groups excluding carboxylic acids is 1. The maximum atomic E-state index is 12.6. The van der Waals surface area contributed by atoms with Gasteiger partial charge >= 0.3 is 0 Å². The van der Waals surface area contributed by atoms with Crippen molar-refractivity contribution in [3.8, 4) is 5.75 Å². The van der Waals surface area contributed by atoms with E-state index in [1.165, 1.54) is 7.11 Å². The van der Waals surface area contributed by atoms with Crippen LogP contribution in [0.25, 0.3) is 10.8 Å². The van der Waals surface area contributed by atoms with E-state index in [1.54, 1.807) is 12.1 Å². The van der Waals surface area contributed by atoms with Crippen LogP contribution in [0, 0.1) is 6.92 Å². The Morgan fingerprint density at radius 2 is 1.79 bits per heavy atom. The molecule has 0 fully saturated rings. The van der Waals surface area contributed by atoms with E-state index in [9.17, 15) is 13.2 Å². The highest BCUT2D eigenvalue weighted by atomic mass is 32.2. The minimum absolute atomic E-state index is 0.308. The molecule has 0 saturated carbocycles. The number of amides is 1. The molecule has 152 valence electrons. The molecule has 3 aromatic rings. The fraction of sp³-hybridized carbons (Fsp3) is 0.227. The fourth-order valence-electron chi connectivity index (χ4n) is 3.20. The molecule has 3 aromatic carbocycles. The van der Waals surface area contributed by atoms with Gasteiger partial charge in [0.1, 0.15) is 12.3 Å². The Labute approximate surface area is 171 Å². The summed E-state index contributed by atoms with van der Waals surface area (Å²) in [4.78, 5) is 12.6. The van der Waals surface area contributed by atoms with E-state index in [0.717, 1.165) is 32.5 Å². The highest BCUT2D eigenvalue weighted by Gasteiger charge is 2.24. The normalized spacial score (nSPS) is 11.3. The van der Waals surface area contributed by atoms with Gasteiger partial charge in [-0.3, -0.25) is 9.10 Å². The van der Waals surface area contributed by atoms with Crippen LogP contribution in [0.1, 0.15) is 11.1 Å². The van der Waals surface area contributed by atoms with Gasteiger partial charge < -0.3 is 10.1 Å². The maximum Gasteiger partial charge on any atom is 0.241 e. The SMILES string of the molecule is COc1ccc(C)cc1N(CC(=O)NCc1cccc2ccccc12)S(C)(=O)=O. The number of sulfonamides is 1. The standard InChI is InChI=1S/C22H24N2O4S/c1-16-11-12-21(28-2)20(13-16)24(29(3,26)27)15-22(25)23-14-18-9-6-8-17-7-4-5-10-19(17)18/h4-13H,14-15H2,1-3H3,(H,23,25). The topological polar surface area (TPSA) is 75.7 Å². The van der Waals surface area contributed by atoms with Crippen LogP contribution in [0.5, 0.6) is 5.75 Å². The Balaban J connectivity index is 1.80. The van der Waals surface area contributed by atoms with E-state index in [4.69, 9.17) is 4.74 Å². The Hall–Kier alpha value is -3.06. The van der Waals surface area contributed by atoms with Gasteiger partial charge in [0.2, 0.25) is 15.9 Å². The number of anilines is 1. The number of nitrogens with zero attached hydrogens (tertiary/aromatic N) is 1. The number of ether oxygens (including phenoxy) is 1. The lowest BCUT2D eigenvalue weighted by Crippen LogP contribution is -2.40. The van der Waals surface area contributed by atoms with Crippen LogP contribution < -0.4 is 14.4 Å². The number of nitrogens with one attached hydrogen (secondary N) is 1. The summed E-state index contributed by atoms with van der Waals surface area (Å²) in [6.45, 7) is 1.83. The second-order valence-electron chi connectivity index (χ2n) is 6.86. The zero-order valence-electron chi connectivity index (χ0n) is 16.7. The van der Waals surface area contributed by atoms with Crippen LogP contribution in [0.3, 0.4) is 0 Å². The minimum atomic E-state index is -3.69. The first kappa shape index (κ1) is 20.7. The lowest BCUT2D eigenvalue weighted by molar-refractivity contribution is -0.119. The van der Waals surface area contributed by atoms with Gasteiger partial charge in [-0.2, -0.15) is 0 Å². The number of rotatable bonds is 7. The number of aryl methyl sites for hydroxylation is 1. The summed E-state index contributed by atoms with van der Waals surface area (Å²) in [6.07, 6.45) is 1.08. The summed E-state index contributed by atoms with van der Waals surface area (Å²) in [5.41, 5.74) is 2.18. The van der Waals surface area contributed by atoms with Crippen molar-refractivity contribution >= 4 is 32.4 Å². The van der Waals surface area contributed by atoms with Crippen LogP contribution in [0.2, 0.25) is 0 Å². The Bertz CT molecular complexity index is 1140. The molecule has 6 nitrogen and oxygen atoms in total. The van der Waals surface area contributed by atoms with Crippen molar-refractivity contribution in [2.24, 2.45) is 0 Å². The van der Waals surface area contributed by atoms with Crippen LogP contribution >= 0.6 is 0 Å². The van der Waals surface area contributed by atoms with Crippen molar-refractivity contribution in [3.63, 3.8) is 0 Å². The Morgan fingerprint density at radius 3 is 2.52 bits per heavy atom. The summed E-state index contributed by atoms with van der Waals surface area (Å²) < 4.78 is 31.1. The van der Waals surface area contributed by atoms with E-state index in [-0.39, 0.29) is 6.54 Å². The number of carbonyl (C=O) groups is 1. The van der Waals surface area contributed by atoms with Gasteiger partial charge in [0.05, 0.1) is 19.1 Å². The van der Waals surface area contributed by atoms with Gasteiger partial charge in [0.25, 0.3) is 0 Å². The van der Waals surface area contributed by atoms with E-state index in [2.05, 4.69) is 5.32 Å². The van der Waals surface area contributed by atoms with Gasteiger partial charge in [-0.1, -0.05) is 48.5 Å². The van der Waals surface area contributed by atoms with Crippen molar-refractivity contribution in [3.05, 3.63) is 71.8 Å². The number of benzene rings is 3. The number of methoxy groups -OCH3 is 1. The molecule has 0 heterocycles. The van der Waals surface area contributed by atoms with Crippen LogP contribution in [-0.2, 0) is 21.4 Å². The summed E-state index contributed by atoms with van der Waals surface area (Å²) in [7, 11) is -2.22. The molecule has 0 aliphatic carbocycles. The molecule has 1 amide bonds. The van der Waals surface area contributed by atoms with Gasteiger partial charge in [-0.15, -0.1) is 0 Å². The van der Waals surface area contributed by atoms with Gasteiger partial charge in [0.15, 0.2) is 0 Å². The molecule has 0 aliphatic heterocycles. The van der Waals surface area contributed by atoms with Crippen molar-refractivity contribution in [2.45, 2.75) is 13.5 Å². The molecular weight excluding hydrogens is 388 g/mol. The molecule has 0 unspecified atom stereocenters. The fourth-order valence-corrected chi connectivity index (χ4v) is 4.05. The monoisotopic (exact) mass is 412 g/mol. The predicted octanol–water partition coefficient (Wildman–Crippen LogP) is 3.24. The zero-order valence-corrected chi connectivity index (χ0v) is 17.5. The van der Waals surface area contributed by atoms with E-state index < -0.39 is 15.9 Å². The highest BCUT2D eigenvalue weighted by molar-refractivity contribution is 7.92. The molecule has 0 aromatic heterocycles. The lowest BCUT2D eigenvalue weighted by atomic mass is 10.0. The third-order valence-corrected chi connectivity index (χ3v) is 5.77. The minimum Gasteiger partial charge on any atom is -0.495 e. The summed E-state index contributed by atoms with van der Waals surface area (Å²) in [6, 6.07) is 19.0. The molecule has 29 heavy (non-hydrogen) atoms. The molecule has 3 rings (SSSR count). The molecule has 0 radical (unpaired) electrons. The van der Waals surface area contributed by atoms with Crippen LogP contribution in [0.15, 0.2) is 60.7 Å². The first-order chi connectivity index (χ1) is 13.8. The molecular formula is C22H24N2O4S. The van der Waals surface area contributed by atoms with Crippen molar-refractivity contribution in [1.82, 2.24) is 5.32 Å². The molecule has 0 saturated heterocycles. The molecule has 0 bridgehead atoms. The molecule has 7 heteroatoms. The summed E-state index contributed by atoms with van der Waals surface area (Å²) in [5, 5.41) is 4.97. The van der Waals surface area contributed by atoms with Crippen molar-refractivity contribution in [2.75, 3.05) is 24.2 Å². The lowest BCUT2D eigenvalue weighted by Gasteiger charge is -2.24. The average molecular weight is 413 g/mol. The van der Waals surface area contributed by atoms with Gasteiger partial charge in [-0.05, 0) is 41.0 Å². The van der Waals surface area contributed by atoms with Gasteiger partial charge in [0, 0.05) is 6.54 Å². The van der Waals surface area contributed by atoms with Crippen molar-refractivity contribution in [1.29, 1.82) is 0 Å². The molecule has 0 atom stereocenters. The molecule has 0 aliphatic rings. The average Bonchev–Trinajstić information content (AvgIpc) is 2.69. The van der Waals surface area contributed by atoms with Crippen LogP contribution in [0.4, 0.5) is 5.69 Å². The van der Waals surface area contributed by atoms with E-state index >= 15 is 0 Å². The second kappa shape index (κ2) is 8.53. The smallest absolute Gasteiger partial charge is 0.241 e. The Kier molecular flexibility index (Phi) is 6.08. The first-order valence-electron chi connectivity index (χ1n) is 9.15. The van der Waals surface area contributed by atoms with Crippen LogP contribution in [-0.4, -0.2) is 34.2 Å². The summed E-state index contributed by atoms with van der Waals surface area (Å²) in [5.74, 6) is -0.00482. The third kappa shape index (κ3) is 4.86. The largest absolute Gasteiger partial charge is 0.495 e. The summed E-state index contributed by atoms with van der Waals surface area (Å²) >= 11 is 0. The van der Waals surface area contributed by atoms with E-state index in [0.29, 0.717) is 18.0 Å². The first-order valence-corrected chi connectivity index (χ1v) is 11.0. The number of fused-ring (bicyclic) bond motifs is 1. The Morgan fingerprint density at radius 1 is 1.07 bits per heavy atom. The van der Waals surface area contributed by atoms with Crippen molar-refractivity contribution < 1.29 is 17.9 Å². The molecule has 1 N–H and O–H groups in total. The number of hydrogen-bond donors (Lipinski definition) is 1. The second-order valence-corrected chi connectivity index (χ2v) is 8.77.